The van der Waals surface area contributed by atoms with Gasteiger partial charge in [-0.15, -0.1) is 6.58 Å². The highest BCUT2D eigenvalue weighted by Crippen LogP contribution is 2.19. The van der Waals surface area contributed by atoms with Gasteiger partial charge in [0.2, 0.25) is 0 Å². The summed E-state index contributed by atoms with van der Waals surface area (Å²) in [6.45, 7) is 16.5. The number of ketones is 1. The van der Waals surface area contributed by atoms with Gasteiger partial charge >= 0.3 is 0 Å². The number of nitrogens with two attached hydrogens (primary N) is 1. The lowest BCUT2D eigenvalue weighted by atomic mass is 9.97. The van der Waals surface area contributed by atoms with E-state index in [9.17, 15) is 4.79 Å². The van der Waals surface area contributed by atoms with Gasteiger partial charge in [-0.05, 0) is 39.2 Å². The third-order valence-electron chi connectivity index (χ3n) is 2.15. The molecule has 0 atom stereocenters. The van der Waals surface area contributed by atoms with Crippen molar-refractivity contribution in [3.63, 3.8) is 0 Å². The van der Waals surface area contributed by atoms with Gasteiger partial charge in [0, 0.05) is 11.8 Å². The van der Waals surface area contributed by atoms with E-state index in [1.165, 1.54) is 11.2 Å². The summed E-state index contributed by atoms with van der Waals surface area (Å²) in [5.74, 6) is 6.24. The number of hydrazine groups is 1. The fourth-order valence-electron chi connectivity index (χ4n) is 1.44. The maximum absolute atomic E-state index is 11.6. The molecule has 0 aliphatic heterocycles. The van der Waals surface area contributed by atoms with E-state index in [4.69, 9.17) is 5.84 Å². The Morgan fingerprint density at radius 1 is 1.32 bits per heavy atom. The molecule has 0 aliphatic rings. The summed E-state index contributed by atoms with van der Waals surface area (Å²) in [5, 5.41) is 1.39. The van der Waals surface area contributed by atoms with Gasteiger partial charge in [0.25, 0.3) is 0 Å². The van der Waals surface area contributed by atoms with Gasteiger partial charge in [0.1, 0.15) is 0 Å². The highest BCUT2D eigenvalue weighted by molar-refractivity contribution is 5.94. The van der Waals surface area contributed by atoms with E-state index in [1.54, 1.807) is 13.0 Å². The minimum atomic E-state index is 0.0547. The molecule has 0 aromatic carbocycles. The molecule has 0 fully saturated rings. The first kappa shape index (κ1) is 19.7. The maximum Gasteiger partial charge on any atom is 0.157 e. The predicted molar refractivity (Wildman–Crippen MR) is 84.1 cm³/mol. The van der Waals surface area contributed by atoms with E-state index >= 15 is 0 Å². The minimum Gasteiger partial charge on any atom is -0.295 e. The van der Waals surface area contributed by atoms with Crippen LogP contribution in [0, 0.1) is 5.92 Å². The monoisotopic (exact) mass is 264 g/mol. The molecule has 0 saturated carbocycles. The Hall–Kier alpha value is -1.61. The van der Waals surface area contributed by atoms with E-state index in [-0.39, 0.29) is 5.78 Å². The molecule has 0 saturated heterocycles. The van der Waals surface area contributed by atoms with Crippen LogP contribution in [0.15, 0.2) is 48.9 Å². The van der Waals surface area contributed by atoms with Crippen molar-refractivity contribution in [2.24, 2.45) is 11.8 Å². The third-order valence-corrected chi connectivity index (χ3v) is 2.15. The van der Waals surface area contributed by atoms with Gasteiger partial charge in [-0.2, -0.15) is 0 Å². The molecule has 0 aromatic rings. The Labute approximate surface area is 118 Å². The van der Waals surface area contributed by atoms with Crippen LogP contribution in [-0.2, 0) is 4.79 Å². The first-order valence-corrected chi connectivity index (χ1v) is 6.45. The molecule has 0 heterocycles. The van der Waals surface area contributed by atoms with Crippen LogP contribution in [0.2, 0.25) is 0 Å². The topological polar surface area (TPSA) is 46.3 Å². The summed E-state index contributed by atoms with van der Waals surface area (Å²) < 4.78 is 0. The van der Waals surface area contributed by atoms with Crippen molar-refractivity contribution < 1.29 is 4.79 Å². The lowest BCUT2D eigenvalue weighted by molar-refractivity contribution is -0.113. The molecule has 0 radical (unpaired) electrons. The Kier molecular flexibility index (Phi) is 11.9. The van der Waals surface area contributed by atoms with Crippen LogP contribution in [0.5, 0.6) is 0 Å². The average Bonchev–Trinajstić information content (AvgIpc) is 2.33. The van der Waals surface area contributed by atoms with E-state index in [0.717, 1.165) is 17.7 Å². The van der Waals surface area contributed by atoms with Crippen molar-refractivity contribution >= 4 is 5.78 Å². The summed E-state index contributed by atoms with van der Waals surface area (Å²) in [6, 6.07) is 0. The molecule has 0 aliphatic carbocycles. The van der Waals surface area contributed by atoms with E-state index < -0.39 is 0 Å². The minimum absolute atomic E-state index is 0.0547. The van der Waals surface area contributed by atoms with Crippen molar-refractivity contribution in [3.05, 3.63) is 48.9 Å². The molecule has 3 nitrogen and oxygen atoms in total. The van der Waals surface area contributed by atoms with Gasteiger partial charge in [-0.25, -0.2) is 5.84 Å². The summed E-state index contributed by atoms with van der Waals surface area (Å²) in [4.78, 5) is 11.6. The number of allylic oxidation sites excluding steroid dienone is 4. The third kappa shape index (κ3) is 9.03. The Morgan fingerprint density at radius 2 is 1.79 bits per heavy atom. The first-order valence-electron chi connectivity index (χ1n) is 6.45. The van der Waals surface area contributed by atoms with Crippen molar-refractivity contribution in [2.75, 3.05) is 0 Å². The molecule has 0 unspecified atom stereocenters. The molecule has 19 heavy (non-hydrogen) atoms. The molecule has 3 heteroatoms. The lowest BCUT2D eigenvalue weighted by Crippen LogP contribution is -2.26. The van der Waals surface area contributed by atoms with E-state index in [0.29, 0.717) is 5.92 Å². The molecule has 0 amide bonds. The number of carbonyl (C=O) groups is 1. The second-order valence-corrected chi connectivity index (χ2v) is 4.52. The zero-order valence-electron chi connectivity index (χ0n) is 12.9. The number of nitrogens with zero attached hydrogens (tertiary/aromatic N) is 1. The fraction of sp³-hybridized carbons (Fsp3) is 0.438. The molecule has 108 valence electrons. The van der Waals surface area contributed by atoms with Gasteiger partial charge in [0.05, 0.1) is 5.70 Å². The molecule has 0 rings (SSSR count). The van der Waals surface area contributed by atoms with Crippen LogP contribution < -0.4 is 5.84 Å². The van der Waals surface area contributed by atoms with Gasteiger partial charge < -0.3 is 0 Å². The smallest absolute Gasteiger partial charge is 0.157 e. The number of carbonyl (C=O) groups excluding carboxylic acids is 1. The molecule has 0 bridgehead atoms. The van der Waals surface area contributed by atoms with Crippen molar-refractivity contribution in [2.45, 2.75) is 41.0 Å². The van der Waals surface area contributed by atoms with Crippen LogP contribution in [-0.4, -0.2) is 10.8 Å². The summed E-state index contributed by atoms with van der Waals surface area (Å²) >= 11 is 0. The largest absolute Gasteiger partial charge is 0.295 e. The molecule has 0 aromatic heterocycles. The van der Waals surface area contributed by atoms with Gasteiger partial charge in [0.15, 0.2) is 5.78 Å². The zero-order chi connectivity index (χ0) is 15.4. The number of hydrogen-bond acceptors (Lipinski definition) is 3. The second-order valence-electron chi connectivity index (χ2n) is 4.52. The van der Waals surface area contributed by atoms with Gasteiger partial charge in [-0.1, -0.05) is 32.6 Å². The van der Waals surface area contributed by atoms with Crippen molar-refractivity contribution in [1.82, 2.24) is 5.01 Å². The molecular formula is C16H28N2O. The molecule has 0 spiro atoms. The molecular weight excluding hydrogens is 236 g/mol. The van der Waals surface area contributed by atoms with Crippen molar-refractivity contribution in [3.8, 4) is 0 Å². The van der Waals surface area contributed by atoms with E-state index in [2.05, 4.69) is 27.0 Å². The summed E-state index contributed by atoms with van der Waals surface area (Å²) in [6.07, 6.45) is 7.66. The fourth-order valence-corrected chi connectivity index (χ4v) is 1.44. The Morgan fingerprint density at radius 3 is 2.05 bits per heavy atom. The quantitative estimate of drug-likeness (QED) is 0.260. The van der Waals surface area contributed by atoms with Crippen LogP contribution >= 0.6 is 0 Å². The zero-order valence-corrected chi connectivity index (χ0v) is 12.9. The Balaban J connectivity index is 0. The first-order chi connectivity index (χ1) is 8.85. The van der Waals surface area contributed by atoms with E-state index in [1.807, 2.05) is 26.0 Å². The number of Topliss-reactive ketones (excluding diaryl/α,β-unsaturated/α-hetero) is 1. The predicted octanol–water partition coefficient (Wildman–Crippen LogP) is 3.96. The number of hydrogen-bond donors (Lipinski definition) is 1. The van der Waals surface area contributed by atoms with Crippen LogP contribution in [0.3, 0.4) is 0 Å². The second kappa shape index (κ2) is 11.5. The summed E-state index contributed by atoms with van der Waals surface area (Å²) in [7, 11) is 0. The number of rotatable bonds is 6. The Bertz CT molecular complexity index is 352. The highest BCUT2D eigenvalue weighted by atomic mass is 16.1. The SMILES string of the molecule is C=CC.C=CN(N)C(/C=C\C)=C(\CC(C)C)C(C)=O. The van der Waals surface area contributed by atoms with Crippen LogP contribution in [0.4, 0.5) is 0 Å². The normalized spacial score (nSPS) is 11.5. The van der Waals surface area contributed by atoms with Crippen molar-refractivity contribution in [1.29, 1.82) is 0 Å². The van der Waals surface area contributed by atoms with Crippen LogP contribution in [0.1, 0.15) is 41.0 Å². The average molecular weight is 264 g/mol. The van der Waals surface area contributed by atoms with Gasteiger partial charge in [-0.3, -0.25) is 9.80 Å². The maximum atomic E-state index is 11.6. The standard InChI is InChI=1S/C13H22N2O.C3H6/c1-6-8-13(15(14)7-2)12(11(5)16)9-10(3)4;1-3-2/h6-8,10H,2,9,14H2,1,3-5H3;3H,1H2,2H3/b8-6-,13-12+;. The lowest BCUT2D eigenvalue weighted by Gasteiger charge is -2.19. The molecule has 2 N–H and O–H groups in total. The highest BCUT2D eigenvalue weighted by Gasteiger charge is 2.13. The summed E-state index contributed by atoms with van der Waals surface area (Å²) in [5.41, 5.74) is 1.47. The van der Waals surface area contributed by atoms with Crippen LogP contribution in [0.25, 0.3) is 0 Å².